The molecule has 0 saturated heterocycles. The van der Waals surface area contributed by atoms with Crippen LogP contribution >= 0.6 is 0 Å². The van der Waals surface area contributed by atoms with Gasteiger partial charge >= 0.3 is 0 Å². The summed E-state index contributed by atoms with van der Waals surface area (Å²) in [5.41, 5.74) is 1.12. The van der Waals surface area contributed by atoms with E-state index in [1.165, 1.54) is 0 Å². The van der Waals surface area contributed by atoms with E-state index in [1.54, 1.807) is 6.92 Å². The molecule has 18 heavy (non-hydrogen) atoms. The molecule has 0 saturated carbocycles. The first-order valence-electron chi connectivity index (χ1n) is 6.25. The van der Waals surface area contributed by atoms with E-state index in [9.17, 15) is 4.79 Å². The Labute approximate surface area is 109 Å². The van der Waals surface area contributed by atoms with Crippen LogP contribution in [0.2, 0.25) is 0 Å². The van der Waals surface area contributed by atoms with E-state index in [2.05, 4.69) is 5.32 Å². The molecular formula is C15H21NO2. The van der Waals surface area contributed by atoms with E-state index in [-0.39, 0.29) is 5.91 Å². The number of hydrogen-bond donors (Lipinski definition) is 1. The van der Waals surface area contributed by atoms with Crippen LogP contribution in [-0.4, -0.2) is 18.6 Å². The molecule has 0 aliphatic rings. The van der Waals surface area contributed by atoms with Crippen molar-refractivity contribution in [3.05, 3.63) is 42.0 Å². The molecule has 98 valence electrons. The summed E-state index contributed by atoms with van der Waals surface area (Å²) in [6.07, 6.45) is 4.36. The summed E-state index contributed by atoms with van der Waals surface area (Å²) in [6.45, 7) is 6.36. The van der Waals surface area contributed by atoms with Crippen molar-refractivity contribution in [2.24, 2.45) is 0 Å². The van der Waals surface area contributed by atoms with E-state index in [0.29, 0.717) is 6.54 Å². The first kappa shape index (κ1) is 14.3. The number of ether oxygens (including phenoxy) is 1. The molecule has 1 rings (SSSR count). The molecular weight excluding hydrogens is 226 g/mol. The molecule has 0 bridgehead atoms. The molecule has 0 heterocycles. The minimum absolute atomic E-state index is 0.0824. The lowest BCUT2D eigenvalue weighted by atomic mass is 10.2. The van der Waals surface area contributed by atoms with Crippen molar-refractivity contribution < 1.29 is 9.53 Å². The molecule has 0 aliphatic carbocycles. The van der Waals surface area contributed by atoms with Gasteiger partial charge in [0.05, 0.1) is 0 Å². The van der Waals surface area contributed by atoms with Crippen molar-refractivity contribution in [1.29, 1.82) is 0 Å². The highest BCUT2D eigenvalue weighted by molar-refractivity contribution is 5.80. The van der Waals surface area contributed by atoms with Crippen molar-refractivity contribution in [2.75, 3.05) is 6.54 Å². The molecule has 0 fully saturated rings. The van der Waals surface area contributed by atoms with Crippen LogP contribution in [0.15, 0.2) is 36.4 Å². The maximum Gasteiger partial charge on any atom is 0.260 e. The molecule has 1 aromatic carbocycles. The number of carbonyl (C=O) groups excluding carboxylic acids is 1. The number of amides is 1. The molecule has 0 spiro atoms. The SMILES string of the molecule is C/C=C/CCNC(=O)C(C)Oc1cccc(C)c1. The summed E-state index contributed by atoms with van der Waals surface area (Å²) in [5.74, 6) is 0.645. The van der Waals surface area contributed by atoms with Gasteiger partial charge in [-0.05, 0) is 44.9 Å². The first-order valence-corrected chi connectivity index (χ1v) is 6.25. The van der Waals surface area contributed by atoms with Crippen LogP contribution in [0.5, 0.6) is 5.75 Å². The number of aryl methyl sites for hydroxylation is 1. The second-order valence-corrected chi connectivity index (χ2v) is 4.23. The highest BCUT2D eigenvalue weighted by Crippen LogP contribution is 2.14. The fourth-order valence-electron chi connectivity index (χ4n) is 1.54. The van der Waals surface area contributed by atoms with Crippen molar-refractivity contribution in [2.45, 2.75) is 33.3 Å². The topological polar surface area (TPSA) is 38.3 Å². The average Bonchev–Trinajstić information content (AvgIpc) is 2.34. The zero-order chi connectivity index (χ0) is 13.4. The average molecular weight is 247 g/mol. The van der Waals surface area contributed by atoms with Gasteiger partial charge in [0.15, 0.2) is 6.10 Å². The molecule has 0 radical (unpaired) electrons. The third-order valence-corrected chi connectivity index (χ3v) is 2.52. The smallest absolute Gasteiger partial charge is 0.260 e. The molecule has 0 aliphatic heterocycles. The molecule has 3 heteroatoms. The van der Waals surface area contributed by atoms with Crippen LogP contribution in [0.3, 0.4) is 0 Å². The number of nitrogens with one attached hydrogen (secondary N) is 1. The summed E-state index contributed by atoms with van der Waals surface area (Å²) in [5, 5.41) is 2.84. The van der Waals surface area contributed by atoms with Gasteiger partial charge in [-0.1, -0.05) is 24.3 Å². The molecule has 0 aromatic heterocycles. The third kappa shape index (κ3) is 5.04. The minimum atomic E-state index is -0.475. The second-order valence-electron chi connectivity index (χ2n) is 4.23. The summed E-state index contributed by atoms with van der Waals surface area (Å²) in [4.78, 5) is 11.7. The molecule has 1 unspecified atom stereocenters. The van der Waals surface area contributed by atoms with Gasteiger partial charge in [-0.2, -0.15) is 0 Å². The van der Waals surface area contributed by atoms with Crippen LogP contribution in [0.1, 0.15) is 25.8 Å². The van der Waals surface area contributed by atoms with Crippen LogP contribution in [0, 0.1) is 6.92 Å². The molecule has 1 atom stereocenters. The van der Waals surface area contributed by atoms with Gasteiger partial charge in [-0.3, -0.25) is 4.79 Å². The maximum atomic E-state index is 11.7. The number of carbonyl (C=O) groups is 1. The number of rotatable bonds is 6. The van der Waals surface area contributed by atoms with Gasteiger partial charge in [-0.25, -0.2) is 0 Å². The van der Waals surface area contributed by atoms with Gasteiger partial charge in [0.1, 0.15) is 5.75 Å². The van der Waals surface area contributed by atoms with Gasteiger partial charge < -0.3 is 10.1 Å². The van der Waals surface area contributed by atoms with Crippen LogP contribution in [-0.2, 0) is 4.79 Å². The standard InChI is InChI=1S/C15H21NO2/c1-4-5-6-10-16-15(17)13(3)18-14-9-7-8-12(2)11-14/h4-5,7-9,11,13H,6,10H2,1-3H3,(H,16,17)/b5-4+. The predicted octanol–water partition coefficient (Wildman–Crippen LogP) is 2.84. The molecule has 1 N–H and O–H groups in total. The second kappa shape index (κ2) is 7.54. The Balaban J connectivity index is 2.40. The summed E-state index contributed by atoms with van der Waals surface area (Å²) in [6, 6.07) is 7.69. The van der Waals surface area contributed by atoms with E-state index in [0.717, 1.165) is 17.7 Å². The van der Waals surface area contributed by atoms with Crippen LogP contribution in [0.25, 0.3) is 0 Å². The lowest BCUT2D eigenvalue weighted by Crippen LogP contribution is -2.36. The number of hydrogen-bond acceptors (Lipinski definition) is 2. The Kier molecular flexibility index (Phi) is 5.98. The van der Waals surface area contributed by atoms with Crippen molar-refractivity contribution >= 4 is 5.91 Å². The van der Waals surface area contributed by atoms with E-state index < -0.39 is 6.10 Å². The van der Waals surface area contributed by atoms with Crippen molar-refractivity contribution in [3.63, 3.8) is 0 Å². The predicted molar refractivity (Wildman–Crippen MR) is 73.7 cm³/mol. The van der Waals surface area contributed by atoms with Gasteiger partial charge in [-0.15, -0.1) is 0 Å². The summed E-state index contributed by atoms with van der Waals surface area (Å²) < 4.78 is 5.58. The Hall–Kier alpha value is -1.77. The fourth-order valence-corrected chi connectivity index (χ4v) is 1.54. The molecule has 1 amide bonds. The Morgan fingerprint density at radius 2 is 2.28 bits per heavy atom. The molecule has 3 nitrogen and oxygen atoms in total. The zero-order valence-corrected chi connectivity index (χ0v) is 11.3. The number of benzene rings is 1. The largest absolute Gasteiger partial charge is 0.481 e. The quantitative estimate of drug-likeness (QED) is 0.620. The Bertz CT molecular complexity index is 413. The van der Waals surface area contributed by atoms with Crippen molar-refractivity contribution in [3.8, 4) is 5.75 Å². The minimum Gasteiger partial charge on any atom is -0.481 e. The monoisotopic (exact) mass is 247 g/mol. The maximum absolute atomic E-state index is 11.7. The van der Waals surface area contributed by atoms with E-state index in [1.807, 2.05) is 50.3 Å². The lowest BCUT2D eigenvalue weighted by molar-refractivity contribution is -0.127. The van der Waals surface area contributed by atoms with Gasteiger partial charge in [0, 0.05) is 6.54 Å². The Morgan fingerprint density at radius 3 is 2.94 bits per heavy atom. The van der Waals surface area contributed by atoms with Crippen LogP contribution in [0.4, 0.5) is 0 Å². The molecule has 1 aromatic rings. The van der Waals surface area contributed by atoms with Gasteiger partial charge in [0.2, 0.25) is 0 Å². The highest BCUT2D eigenvalue weighted by Gasteiger charge is 2.13. The summed E-state index contributed by atoms with van der Waals surface area (Å²) >= 11 is 0. The third-order valence-electron chi connectivity index (χ3n) is 2.52. The fraction of sp³-hybridized carbons (Fsp3) is 0.400. The normalized spacial score (nSPS) is 12.4. The van der Waals surface area contributed by atoms with Crippen molar-refractivity contribution in [1.82, 2.24) is 5.32 Å². The zero-order valence-electron chi connectivity index (χ0n) is 11.3. The van der Waals surface area contributed by atoms with Gasteiger partial charge in [0.25, 0.3) is 5.91 Å². The van der Waals surface area contributed by atoms with Crippen LogP contribution < -0.4 is 10.1 Å². The Morgan fingerprint density at radius 1 is 1.50 bits per heavy atom. The van der Waals surface area contributed by atoms with E-state index >= 15 is 0 Å². The highest BCUT2D eigenvalue weighted by atomic mass is 16.5. The van der Waals surface area contributed by atoms with E-state index in [4.69, 9.17) is 4.74 Å². The lowest BCUT2D eigenvalue weighted by Gasteiger charge is -2.14. The summed E-state index contributed by atoms with van der Waals surface area (Å²) in [7, 11) is 0. The first-order chi connectivity index (χ1) is 8.63. The number of allylic oxidation sites excluding steroid dienone is 1.